The lowest BCUT2D eigenvalue weighted by atomic mass is 9.83. The summed E-state index contributed by atoms with van der Waals surface area (Å²) in [5.74, 6) is 0.779. The number of ether oxygens (including phenoxy) is 1. The predicted molar refractivity (Wildman–Crippen MR) is 76.2 cm³/mol. The maximum Gasteiger partial charge on any atom is 0.166 e. The predicted octanol–water partition coefficient (Wildman–Crippen LogP) is 2.45. The van der Waals surface area contributed by atoms with E-state index >= 15 is 0 Å². The SMILES string of the molecule is CCC1CCCCC1NC(=S)NC(C)COC. The maximum absolute atomic E-state index is 5.35. The topological polar surface area (TPSA) is 33.3 Å². The molecule has 2 N–H and O–H groups in total. The van der Waals surface area contributed by atoms with E-state index in [4.69, 9.17) is 17.0 Å². The molecule has 0 aliphatic heterocycles. The third-order valence-corrected chi connectivity index (χ3v) is 3.78. The van der Waals surface area contributed by atoms with Crippen LogP contribution >= 0.6 is 12.2 Å². The van der Waals surface area contributed by atoms with Crippen LogP contribution in [0, 0.1) is 5.92 Å². The molecule has 4 heteroatoms. The fourth-order valence-electron chi connectivity index (χ4n) is 2.61. The normalized spacial score (nSPS) is 26.3. The van der Waals surface area contributed by atoms with Crippen LogP contribution in [0.5, 0.6) is 0 Å². The highest BCUT2D eigenvalue weighted by Crippen LogP contribution is 2.26. The van der Waals surface area contributed by atoms with Gasteiger partial charge in [-0.05, 0) is 37.9 Å². The number of nitrogens with one attached hydrogen (secondary N) is 2. The second kappa shape index (κ2) is 7.88. The lowest BCUT2D eigenvalue weighted by Gasteiger charge is -2.33. The van der Waals surface area contributed by atoms with Crippen LogP contribution < -0.4 is 10.6 Å². The highest BCUT2D eigenvalue weighted by molar-refractivity contribution is 7.80. The van der Waals surface area contributed by atoms with E-state index in [0.717, 1.165) is 11.0 Å². The van der Waals surface area contributed by atoms with Crippen LogP contribution in [0.3, 0.4) is 0 Å². The first kappa shape index (κ1) is 14.7. The van der Waals surface area contributed by atoms with Crippen molar-refractivity contribution in [3.63, 3.8) is 0 Å². The molecular weight excluding hydrogens is 232 g/mol. The van der Waals surface area contributed by atoms with Crippen molar-refractivity contribution in [1.29, 1.82) is 0 Å². The van der Waals surface area contributed by atoms with Gasteiger partial charge in [-0.2, -0.15) is 0 Å². The average Bonchev–Trinajstić information content (AvgIpc) is 2.29. The van der Waals surface area contributed by atoms with Gasteiger partial charge in [0.15, 0.2) is 5.11 Å². The van der Waals surface area contributed by atoms with Gasteiger partial charge in [-0.15, -0.1) is 0 Å². The molecule has 1 saturated carbocycles. The van der Waals surface area contributed by atoms with E-state index in [-0.39, 0.29) is 6.04 Å². The Kier molecular flexibility index (Phi) is 6.82. The second-order valence-corrected chi connectivity index (χ2v) is 5.44. The summed E-state index contributed by atoms with van der Waals surface area (Å²) in [6.07, 6.45) is 6.53. The molecule has 0 aromatic rings. The molecule has 1 aliphatic carbocycles. The van der Waals surface area contributed by atoms with Crippen LogP contribution in [-0.4, -0.2) is 30.9 Å². The Morgan fingerprint density at radius 1 is 1.41 bits per heavy atom. The van der Waals surface area contributed by atoms with E-state index in [0.29, 0.717) is 12.6 Å². The summed E-state index contributed by atoms with van der Waals surface area (Å²) < 4.78 is 5.09. The number of hydrogen-bond acceptors (Lipinski definition) is 2. The third kappa shape index (κ3) is 5.21. The highest BCUT2D eigenvalue weighted by atomic mass is 32.1. The summed E-state index contributed by atoms with van der Waals surface area (Å²) in [6.45, 7) is 5.04. The summed E-state index contributed by atoms with van der Waals surface area (Å²) in [4.78, 5) is 0. The van der Waals surface area contributed by atoms with Gasteiger partial charge in [0, 0.05) is 19.2 Å². The number of rotatable bonds is 5. The summed E-state index contributed by atoms with van der Waals surface area (Å²) in [6, 6.07) is 0.826. The molecular formula is C13H26N2OS. The van der Waals surface area contributed by atoms with Gasteiger partial charge in [0.1, 0.15) is 0 Å². The quantitative estimate of drug-likeness (QED) is 0.742. The van der Waals surface area contributed by atoms with Crippen molar-refractivity contribution in [2.45, 2.75) is 58.0 Å². The van der Waals surface area contributed by atoms with Crippen LogP contribution in [0.15, 0.2) is 0 Å². The Balaban J connectivity index is 2.33. The molecule has 1 rings (SSSR count). The van der Waals surface area contributed by atoms with E-state index in [1.807, 2.05) is 0 Å². The minimum atomic E-state index is 0.267. The van der Waals surface area contributed by atoms with Crippen LogP contribution in [0.1, 0.15) is 46.0 Å². The Morgan fingerprint density at radius 2 is 2.12 bits per heavy atom. The lowest BCUT2D eigenvalue weighted by Crippen LogP contribution is -2.49. The zero-order valence-corrected chi connectivity index (χ0v) is 12.1. The van der Waals surface area contributed by atoms with Crippen LogP contribution in [0.25, 0.3) is 0 Å². The van der Waals surface area contributed by atoms with Gasteiger partial charge in [-0.1, -0.05) is 26.2 Å². The van der Waals surface area contributed by atoms with Gasteiger partial charge in [-0.3, -0.25) is 0 Å². The summed E-state index contributed by atoms with van der Waals surface area (Å²) in [7, 11) is 1.71. The van der Waals surface area contributed by atoms with Crippen molar-refractivity contribution in [3.05, 3.63) is 0 Å². The summed E-state index contributed by atoms with van der Waals surface area (Å²) in [5, 5.41) is 7.52. The van der Waals surface area contributed by atoms with Crippen molar-refractivity contribution >= 4 is 17.3 Å². The van der Waals surface area contributed by atoms with Crippen molar-refractivity contribution in [3.8, 4) is 0 Å². The molecule has 1 fully saturated rings. The first-order valence-corrected chi connectivity index (χ1v) is 7.14. The smallest absolute Gasteiger partial charge is 0.166 e. The summed E-state index contributed by atoms with van der Waals surface area (Å²) in [5.41, 5.74) is 0. The third-order valence-electron chi connectivity index (χ3n) is 3.54. The van der Waals surface area contributed by atoms with Gasteiger partial charge in [0.05, 0.1) is 6.61 Å². The fourth-order valence-corrected chi connectivity index (χ4v) is 2.96. The Hall–Kier alpha value is -0.350. The van der Waals surface area contributed by atoms with E-state index < -0.39 is 0 Å². The largest absolute Gasteiger partial charge is 0.383 e. The second-order valence-electron chi connectivity index (χ2n) is 5.03. The Bertz CT molecular complexity index is 235. The lowest BCUT2D eigenvalue weighted by molar-refractivity contribution is 0.178. The molecule has 0 saturated heterocycles. The van der Waals surface area contributed by atoms with E-state index in [1.54, 1.807) is 7.11 Å². The minimum absolute atomic E-state index is 0.267. The fraction of sp³-hybridized carbons (Fsp3) is 0.923. The van der Waals surface area contributed by atoms with E-state index in [9.17, 15) is 0 Å². The molecule has 3 atom stereocenters. The van der Waals surface area contributed by atoms with Gasteiger partial charge in [0.25, 0.3) is 0 Å². The molecule has 3 unspecified atom stereocenters. The zero-order valence-electron chi connectivity index (χ0n) is 11.3. The highest BCUT2D eigenvalue weighted by Gasteiger charge is 2.24. The Morgan fingerprint density at radius 3 is 2.76 bits per heavy atom. The van der Waals surface area contributed by atoms with E-state index in [1.165, 1.54) is 32.1 Å². The number of methoxy groups -OCH3 is 1. The van der Waals surface area contributed by atoms with Gasteiger partial charge in [-0.25, -0.2) is 0 Å². The maximum atomic E-state index is 5.35. The number of thiocarbonyl (C=S) groups is 1. The standard InChI is InChI=1S/C13H26N2OS/c1-4-11-7-5-6-8-12(11)15-13(17)14-10(2)9-16-3/h10-12H,4-9H2,1-3H3,(H2,14,15,17). The van der Waals surface area contributed by atoms with Crippen molar-refractivity contribution in [2.24, 2.45) is 5.92 Å². The Labute approximate surface area is 111 Å². The monoisotopic (exact) mass is 258 g/mol. The zero-order chi connectivity index (χ0) is 12.7. The van der Waals surface area contributed by atoms with Crippen LogP contribution in [0.2, 0.25) is 0 Å². The molecule has 0 aromatic heterocycles. The van der Waals surface area contributed by atoms with Crippen molar-refractivity contribution in [1.82, 2.24) is 10.6 Å². The van der Waals surface area contributed by atoms with Gasteiger partial charge >= 0.3 is 0 Å². The molecule has 0 radical (unpaired) electrons. The first-order chi connectivity index (χ1) is 8.17. The van der Waals surface area contributed by atoms with Crippen LogP contribution in [0.4, 0.5) is 0 Å². The molecule has 0 bridgehead atoms. The van der Waals surface area contributed by atoms with Crippen molar-refractivity contribution in [2.75, 3.05) is 13.7 Å². The van der Waals surface area contributed by atoms with Gasteiger partial charge in [0.2, 0.25) is 0 Å². The molecule has 0 amide bonds. The molecule has 3 nitrogen and oxygen atoms in total. The molecule has 1 aliphatic rings. The molecule has 17 heavy (non-hydrogen) atoms. The molecule has 0 heterocycles. The van der Waals surface area contributed by atoms with Crippen LogP contribution in [-0.2, 0) is 4.74 Å². The van der Waals surface area contributed by atoms with Gasteiger partial charge < -0.3 is 15.4 Å². The first-order valence-electron chi connectivity index (χ1n) is 6.73. The molecule has 0 aromatic carbocycles. The summed E-state index contributed by atoms with van der Waals surface area (Å²) >= 11 is 5.35. The molecule has 0 spiro atoms. The van der Waals surface area contributed by atoms with Crippen molar-refractivity contribution < 1.29 is 4.74 Å². The molecule has 100 valence electrons. The van der Waals surface area contributed by atoms with E-state index in [2.05, 4.69) is 24.5 Å². The average molecular weight is 258 g/mol. The number of hydrogen-bond donors (Lipinski definition) is 2. The minimum Gasteiger partial charge on any atom is -0.383 e.